The first-order valence-electron chi connectivity index (χ1n) is 8.51. The van der Waals surface area contributed by atoms with Gasteiger partial charge in [0.1, 0.15) is 5.75 Å². The van der Waals surface area contributed by atoms with Crippen LogP contribution in [0, 0.1) is 0 Å². The Kier molecular flexibility index (Phi) is 6.02. The van der Waals surface area contributed by atoms with Gasteiger partial charge in [-0.1, -0.05) is 58.6 Å². The van der Waals surface area contributed by atoms with Crippen LogP contribution in [-0.2, 0) is 10.2 Å². The summed E-state index contributed by atoms with van der Waals surface area (Å²) in [5.74, 6) is 0.811. The summed E-state index contributed by atoms with van der Waals surface area (Å²) in [5.41, 5.74) is 1.17. The summed E-state index contributed by atoms with van der Waals surface area (Å²) in [6.07, 6.45) is 3.74. The molecule has 0 unspecified atom stereocenters. The maximum absolute atomic E-state index is 13.1. The lowest BCUT2D eigenvalue weighted by molar-refractivity contribution is -0.121. The van der Waals surface area contributed by atoms with Crippen molar-refractivity contribution >= 4 is 39.1 Å². The van der Waals surface area contributed by atoms with E-state index in [0.717, 1.165) is 48.0 Å². The van der Waals surface area contributed by atoms with Crippen molar-refractivity contribution in [1.29, 1.82) is 0 Å². The molecule has 1 N–H and O–H groups in total. The van der Waals surface area contributed by atoms with Gasteiger partial charge >= 0.3 is 0 Å². The van der Waals surface area contributed by atoms with Gasteiger partial charge in [0.25, 0.3) is 0 Å². The van der Waals surface area contributed by atoms with Crippen LogP contribution in [0.1, 0.15) is 31.2 Å². The van der Waals surface area contributed by atoms with Crippen molar-refractivity contribution in [2.75, 3.05) is 17.3 Å². The summed E-state index contributed by atoms with van der Waals surface area (Å²) in [7, 11) is 0. The van der Waals surface area contributed by atoms with Crippen LogP contribution < -0.4 is 10.1 Å². The Bertz CT molecular complexity index is 727. The molecule has 0 spiro atoms. The van der Waals surface area contributed by atoms with E-state index in [1.54, 1.807) is 0 Å². The molecular formula is C20H21BrClNO2. The lowest BCUT2D eigenvalue weighted by Crippen LogP contribution is -2.38. The van der Waals surface area contributed by atoms with E-state index in [2.05, 4.69) is 21.2 Å². The summed E-state index contributed by atoms with van der Waals surface area (Å²) in [6.45, 7) is 0.612. The highest BCUT2D eigenvalue weighted by Crippen LogP contribution is 2.44. The van der Waals surface area contributed by atoms with E-state index in [1.165, 1.54) is 0 Å². The van der Waals surface area contributed by atoms with Crippen molar-refractivity contribution in [2.45, 2.75) is 31.1 Å². The number of nitrogens with one attached hydrogen (secondary N) is 1. The molecule has 0 aromatic heterocycles. The van der Waals surface area contributed by atoms with Crippen molar-refractivity contribution in [2.24, 2.45) is 0 Å². The van der Waals surface area contributed by atoms with Gasteiger partial charge in [0, 0.05) is 16.0 Å². The minimum atomic E-state index is -0.538. The topological polar surface area (TPSA) is 38.3 Å². The molecule has 3 nitrogen and oxygen atoms in total. The quantitative estimate of drug-likeness (QED) is 0.619. The second-order valence-electron chi connectivity index (χ2n) is 6.29. The Hall–Kier alpha value is -1.52. The molecule has 1 saturated carbocycles. The number of amides is 1. The van der Waals surface area contributed by atoms with Crippen LogP contribution in [0.5, 0.6) is 5.75 Å². The Balaban J connectivity index is 1.79. The highest BCUT2D eigenvalue weighted by molar-refractivity contribution is 9.09. The fraction of sp³-hybridized carbons (Fsp3) is 0.350. The summed E-state index contributed by atoms with van der Waals surface area (Å²) in [4.78, 5) is 13.1. The Labute approximate surface area is 161 Å². The maximum Gasteiger partial charge on any atom is 0.235 e. The van der Waals surface area contributed by atoms with E-state index in [4.69, 9.17) is 16.3 Å². The number of alkyl halides is 1. The number of rotatable bonds is 6. The molecule has 0 aliphatic heterocycles. The van der Waals surface area contributed by atoms with Gasteiger partial charge in [-0.15, -0.1) is 0 Å². The van der Waals surface area contributed by atoms with E-state index < -0.39 is 5.41 Å². The molecule has 3 rings (SSSR count). The van der Waals surface area contributed by atoms with Crippen LogP contribution in [-0.4, -0.2) is 17.8 Å². The van der Waals surface area contributed by atoms with Crippen LogP contribution in [0.3, 0.4) is 0 Å². The molecule has 132 valence electrons. The first-order chi connectivity index (χ1) is 12.2. The van der Waals surface area contributed by atoms with Crippen molar-refractivity contribution in [3.63, 3.8) is 0 Å². The molecule has 0 atom stereocenters. The van der Waals surface area contributed by atoms with Crippen molar-refractivity contribution in [3.05, 3.63) is 59.1 Å². The summed E-state index contributed by atoms with van der Waals surface area (Å²) >= 11 is 9.74. The highest BCUT2D eigenvalue weighted by atomic mass is 79.9. The Morgan fingerprint density at radius 2 is 1.80 bits per heavy atom. The third-order valence-corrected chi connectivity index (χ3v) is 5.39. The van der Waals surface area contributed by atoms with Gasteiger partial charge in [-0.05, 0) is 48.7 Å². The fourth-order valence-electron chi connectivity index (χ4n) is 3.49. The largest absolute Gasteiger partial charge is 0.493 e. The molecule has 2 aromatic carbocycles. The maximum atomic E-state index is 13.1. The normalized spacial score (nSPS) is 15.8. The second-order valence-corrected chi connectivity index (χ2v) is 7.49. The number of carbonyl (C=O) groups excluding carboxylic acids is 1. The number of carbonyl (C=O) groups is 1. The number of hydrogen-bond acceptors (Lipinski definition) is 2. The first kappa shape index (κ1) is 18.3. The molecule has 0 saturated heterocycles. The smallest absolute Gasteiger partial charge is 0.235 e. The van der Waals surface area contributed by atoms with Crippen molar-refractivity contribution in [1.82, 2.24) is 0 Å². The van der Waals surface area contributed by atoms with Gasteiger partial charge in [0.15, 0.2) is 0 Å². The molecule has 0 heterocycles. The average molecular weight is 423 g/mol. The van der Waals surface area contributed by atoms with E-state index in [-0.39, 0.29) is 5.91 Å². The fourth-order valence-corrected chi connectivity index (χ4v) is 3.97. The number of halogens is 2. The molecule has 0 radical (unpaired) electrons. The Morgan fingerprint density at radius 1 is 1.12 bits per heavy atom. The molecule has 1 aliphatic rings. The first-order valence-corrected chi connectivity index (χ1v) is 10.0. The van der Waals surface area contributed by atoms with Crippen LogP contribution in [0.4, 0.5) is 5.69 Å². The number of ether oxygens (including phenoxy) is 1. The van der Waals surface area contributed by atoms with E-state index in [0.29, 0.717) is 11.6 Å². The minimum Gasteiger partial charge on any atom is -0.493 e. The summed E-state index contributed by atoms with van der Waals surface area (Å²) in [6, 6.07) is 15.2. The van der Waals surface area contributed by atoms with Gasteiger partial charge < -0.3 is 10.1 Å². The zero-order chi connectivity index (χ0) is 17.7. The monoisotopic (exact) mass is 421 g/mol. The second kappa shape index (κ2) is 8.24. The van der Waals surface area contributed by atoms with Gasteiger partial charge in [0.2, 0.25) is 5.91 Å². The minimum absolute atomic E-state index is 0.0206. The predicted molar refractivity (Wildman–Crippen MR) is 106 cm³/mol. The SMILES string of the molecule is O=C(Nc1ccc(OCCBr)cc1)C1(c2ccccc2Cl)CCCC1. The highest BCUT2D eigenvalue weighted by Gasteiger charge is 2.43. The van der Waals surface area contributed by atoms with E-state index >= 15 is 0 Å². The Morgan fingerprint density at radius 3 is 2.44 bits per heavy atom. The van der Waals surface area contributed by atoms with Gasteiger partial charge in [-0.25, -0.2) is 0 Å². The van der Waals surface area contributed by atoms with E-state index in [1.807, 2.05) is 48.5 Å². The zero-order valence-corrected chi connectivity index (χ0v) is 16.3. The molecule has 5 heteroatoms. The molecule has 1 amide bonds. The predicted octanol–water partition coefficient (Wildman–Crippen LogP) is 5.56. The van der Waals surface area contributed by atoms with Crippen LogP contribution in [0.25, 0.3) is 0 Å². The summed E-state index contributed by atoms with van der Waals surface area (Å²) in [5, 5.41) is 4.52. The zero-order valence-electron chi connectivity index (χ0n) is 13.9. The molecule has 2 aromatic rings. The van der Waals surface area contributed by atoms with E-state index in [9.17, 15) is 4.79 Å². The molecule has 25 heavy (non-hydrogen) atoms. The summed E-state index contributed by atoms with van der Waals surface area (Å²) < 4.78 is 5.54. The molecule has 1 aliphatic carbocycles. The van der Waals surface area contributed by atoms with Gasteiger partial charge in [0.05, 0.1) is 12.0 Å². The van der Waals surface area contributed by atoms with Crippen molar-refractivity contribution < 1.29 is 9.53 Å². The van der Waals surface area contributed by atoms with Crippen molar-refractivity contribution in [3.8, 4) is 5.75 Å². The molecule has 1 fully saturated rings. The number of hydrogen-bond donors (Lipinski definition) is 1. The third kappa shape index (κ3) is 4.01. The number of benzene rings is 2. The van der Waals surface area contributed by atoms with Gasteiger partial charge in [-0.3, -0.25) is 4.79 Å². The lowest BCUT2D eigenvalue weighted by Gasteiger charge is -2.29. The standard InChI is InChI=1S/C20H21BrClNO2/c21-13-14-25-16-9-7-15(8-10-16)23-19(24)20(11-3-4-12-20)17-5-1-2-6-18(17)22/h1-2,5-10H,3-4,11-14H2,(H,23,24). The molecule has 0 bridgehead atoms. The number of anilines is 1. The lowest BCUT2D eigenvalue weighted by atomic mass is 9.78. The van der Waals surface area contributed by atoms with Crippen LogP contribution in [0.2, 0.25) is 5.02 Å². The van der Waals surface area contributed by atoms with Crippen LogP contribution >= 0.6 is 27.5 Å². The molecular weight excluding hydrogens is 402 g/mol. The third-order valence-electron chi connectivity index (χ3n) is 4.74. The van der Waals surface area contributed by atoms with Gasteiger partial charge in [-0.2, -0.15) is 0 Å². The van der Waals surface area contributed by atoms with Crippen LogP contribution in [0.15, 0.2) is 48.5 Å². The average Bonchev–Trinajstić information content (AvgIpc) is 3.12.